The molecule has 3 aromatic rings. The van der Waals surface area contributed by atoms with E-state index >= 15 is 0 Å². The molecule has 5 nitrogen and oxygen atoms in total. The van der Waals surface area contributed by atoms with Crippen molar-refractivity contribution in [3.8, 4) is 0 Å². The third-order valence-corrected chi connectivity index (χ3v) is 4.00. The van der Waals surface area contributed by atoms with E-state index in [1.165, 1.54) is 0 Å². The van der Waals surface area contributed by atoms with Crippen molar-refractivity contribution in [2.45, 2.75) is 13.5 Å². The second-order valence-electron chi connectivity index (χ2n) is 4.62. The van der Waals surface area contributed by atoms with Crippen LogP contribution in [0, 0.1) is 6.92 Å². The summed E-state index contributed by atoms with van der Waals surface area (Å²) in [6, 6.07) is 9.16. The van der Waals surface area contributed by atoms with Crippen molar-refractivity contribution in [3.63, 3.8) is 0 Å². The molecule has 1 aromatic carbocycles. The van der Waals surface area contributed by atoms with Gasteiger partial charge >= 0.3 is 5.97 Å². The molecule has 0 atom stereocenters. The van der Waals surface area contributed by atoms with Crippen molar-refractivity contribution >= 4 is 33.9 Å². The van der Waals surface area contributed by atoms with Gasteiger partial charge in [0.25, 0.3) is 0 Å². The topological polar surface area (TPSA) is 75.1 Å². The Bertz CT molecular complexity index is 814. The number of benzene rings is 1. The molecule has 6 heteroatoms. The van der Waals surface area contributed by atoms with E-state index in [1.807, 2.05) is 36.6 Å². The van der Waals surface area contributed by atoms with Crippen LogP contribution >= 0.6 is 11.3 Å². The lowest BCUT2D eigenvalue weighted by molar-refractivity contribution is 0.0691. The quantitative estimate of drug-likeness (QED) is 0.773. The lowest BCUT2D eigenvalue weighted by atomic mass is 10.1. The van der Waals surface area contributed by atoms with E-state index in [0.717, 1.165) is 21.5 Å². The highest BCUT2D eigenvalue weighted by atomic mass is 32.1. The Morgan fingerprint density at radius 3 is 2.86 bits per heavy atom. The largest absolute Gasteiger partial charge is 0.477 e. The zero-order valence-corrected chi connectivity index (χ0v) is 12.1. The maximum Gasteiger partial charge on any atom is 0.354 e. The minimum Gasteiger partial charge on any atom is -0.477 e. The number of anilines is 1. The normalized spacial score (nSPS) is 10.7. The summed E-state index contributed by atoms with van der Waals surface area (Å²) in [5.74, 6) is -0.466. The third-order valence-electron chi connectivity index (χ3n) is 3.03. The van der Waals surface area contributed by atoms with Crippen molar-refractivity contribution in [1.82, 2.24) is 9.97 Å². The lowest BCUT2D eigenvalue weighted by Gasteiger charge is -2.09. The van der Waals surface area contributed by atoms with Gasteiger partial charge in [-0.25, -0.2) is 14.8 Å². The fourth-order valence-electron chi connectivity index (χ4n) is 2.09. The minimum atomic E-state index is -1.03. The van der Waals surface area contributed by atoms with Gasteiger partial charge in [-0.15, -0.1) is 11.3 Å². The highest BCUT2D eigenvalue weighted by Crippen LogP contribution is 2.23. The molecule has 0 radical (unpaired) electrons. The van der Waals surface area contributed by atoms with Crippen LogP contribution < -0.4 is 5.32 Å². The summed E-state index contributed by atoms with van der Waals surface area (Å²) in [6.07, 6.45) is 0. The zero-order valence-electron chi connectivity index (χ0n) is 11.3. The first-order valence-electron chi connectivity index (χ1n) is 6.41. The number of carboxylic acid groups (broad SMARTS) is 1. The van der Waals surface area contributed by atoms with E-state index in [1.54, 1.807) is 17.4 Å². The molecule has 0 saturated carbocycles. The van der Waals surface area contributed by atoms with Crippen LogP contribution in [0.1, 0.15) is 21.2 Å². The van der Waals surface area contributed by atoms with Gasteiger partial charge in [-0.05, 0) is 18.4 Å². The van der Waals surface area contributed by atoms with Crippen molar-refractivity contribution in [3.05, 3.63) is 52.1 Å². The Balaban J connectivity index is 1.97. The molecule has 0 aliphatic carbocycles. The number of thiazole rings is 1. The van der Waals surface area contributed by atoms with Crippen LogP contribution in [0.15, 0.2) is 35.7 Å². The number of hydrogen-bond acceptors (Lipinski definition) is 5. The summed E-state index contributed by atoms with van der Waals surface area (Å²) in [4.78, 5) is 19.7. The molecule has 0 unspecified atom stereocenters. The lowest BCUT2D eigenvalue weighted by Crippen LogP contribution is -2.06. The van der Waals surface area contributed by atoms with Crippen LogP contribution in [0.25, 0.3) is 10.8 Å². The van der Waals surface area contributed by atoms with Crippen molar-refractivity contribution in [1.29, 1.82) is 0 Å². The average molecular weight is 299 g/mol. The van der Waals surface area contributed by atoms with Gasteiger partial charge < -0.3 is 10.4 Å². The fraction of sp³-hybridized carbons (Fsp3) is 0.133. The van der Waals surface area contributed by atoms with Gasteiger partial charge in [0.2, 0.25) is 0 Å². The van der Waals surface area contributed by atoms with E-state index in [4.69, 9.17) is 5.11 Å². The molecule has 0 saturated heterocycles. The standard InChI is InChI=1S/C15H13N3O2S/c1-9-8-21-13(17-9)7-16-14-11-5-3-2-4-10(11)6-12(18-14)15(19)20/h2-6,8H,7H2,1H3,(H,16,18)(H,19,20). The molecule has 0 aliphatic heterocycles. The van der Waals surface area contributed by atoms with Gasteiger partial charge in [0, 0.05) is 16.5 Å². The number of rotatable bonds is 4. The molecular weight excluding hydrogens is 286 g/mol. The number of aromatic carboxylic acids is 1. The van der Waals surface area contributed by atoms with Gasteiger partial charge in [0.1, 0.15) is 10.8 Å². The predicted octanol–water partition coefficient (Wildman–Crippen LogP) is 3.31. The molecular formula is C15H13N3O2S. The molecule has 0 amide bonds. The number of nitrogens with zero attached hydrogens (tertiary/aromatic N) is 2. The molecule has 21 heavy (non-hydrogen) atoms. The van der Waals surface area contributed by atoms with E-state index < -0.39 is 5.97 Å². The van der Waals surface area contributed by atoms with Crippen LogP contribution in [0.3, 0.4) is 0 Å². The fourth-order valence-corrected chi connectivity index (χ4v) is 2.80. The van der Waals surface area contributed by atoms with E-state index in [0.29, 0.717) is 12.4 Å². The smallest absolute Gasteiger partial charge is 0.354 e. The van der Waals surface area contributed by atoms with Crippen LogP contribution in [0.5, 0.6) is 0 Å². The second kappa shape index (κ2) is 5.49. The van der Waals surface area contributed by atoms with Gasteiger partial charge in [-0.1, -0.05) is 24.3 Å². The Hall–Kier alpha value is -2.47. The number of hydrogen-bond donors (Lipinski definition) is 2. The number of carboxylic acids is 1. The monoisotopic (exact) mass is 299 g/mol. The van der Waals surface area contributed by atoms with E-state index in [-0.39, 0.29) is 5.69 Å². The van der Waals surface area contributed by atoms with Gasteiger partial charge in [0.05, 0.1) is 6.54 Å². The minimum absolute atomic E-state index is 0.0338. The van der Waals surface area contributed by atoms with Gasteiger partial charge in [-0.3, -0.25) is 0 Å². The van der Waals surface area contributed by atoms with Crippen LogP contribution in [-0.2, 0) is 6.54 Å². The first kappa shape index (κ1) is 13.5. The van der Waals surface area contributed by atoms with Gasteiger partial charge in [0.15, 0.2) is 5.69 Å². The highest BCUT2D eigenvalue weighted by molar-refractivity contribution is 7.09. The summed E-state index contributed by atoms with van der Waals surface area (Å²) in [5, 5.41) is 17.0. The molecule has 2 heterocycles. The average Bonchev–Trinajstić information content (AvgIpc) is 2.90. The summed E-state index contributed by atoms with van der Waals surface area (Å²) in [5.41, 5.74) is 1.01. The number of pyridine rings is 1. The SMILES string of the molecule is Cc1csc(CNc2nc(C(=O)O)cc3ccccc23)n1. The first-order chi connectivity index (χ1) is 10.1. The Kier molecular flexibility index (Phi) is 3.53. The van der Waals surface area contributed by atoms with Crippen molar-refractivity contribution in [2.75, 3.05) is 5.32 Å². The van der Waals surface area contributed by atoms with Crippen molar-refractivity contribution in [2.24, 2.45) is 0 Å². The maximum atomic E-state index is 11.2. The number of aromatic nitrogens is 2. The summed E-state index contributed by atoms with van der Waals surface area (Å²) >= 11 is 1.57. The molecule has 0 bridgehead atoms. The molecule has 0 fully saturated rings. The number of carbonyl (C=O) groups is 1. The van der Waals surface area contributed by atoms with Gasteiger partial charge in [-0.2, -0.15) is 0 Å². The Morgan fingerprint density at radius 1 is 1.33 bits per heavy atom. The Morgan fingerprint density at radius 2 is 2.14 bits per heavy atom. The molecule has 106 valence electrons. The number of fused-ring (bicyclic) bond motifs is 1. The molecule has 0 spiro atoms. The van der Waals surface area contributed by atoms with Crippen molar-refractivity contribution < 1.29 is 9.90 Å². The highest BCUT2D eigenvalue weighted by Gasteiger charge is 2.11. The van der Waals surface area contributed by atoms with E-state index in [9.17, 15) is 4.79 Å². The van der Waals surface area contributed by atoms with Crippen LogP contribution in [0.4, 0.5) is 5.82 Å². The first-order valence-corrected chi connectivity index (χ1v) is 7.29. The van der Waals surface area contributed by atoms with Crippen LogP contribution in [0.2, 0.25) is 0 Å². The summed E-state index contributed by atoms with van der Waals surface area (Å²) in [7, 11) is 0. The molecule has 0 aliphatic rings. The molecule has 2 aromatic heterocycles. The number of nitrogens with one attached hydrogen (secondary N) is 1. The third kappa shape index (κ3) is 2.85. The maximum absolute atomic E-state index is 11.2. The summed E-state index contributed by atoms with van der Waals surface area (Å²) in [6.45, 7) is 2.47. The zero-order chi connectivity index (χ0) is 14.8. The molecule has 2 N–H and O–H groups in total. The summed E-state index contributed by atoms with van der Waals surface area (Å²) < 4.78 is 0. The Labute approximate surface area is 125 Å². The predicted molar refractivity (Wildman–Crippen MR) is 82.9 cm³/mol. The second-order valence-corrected chi connectivity index (χ2v) is 5.56. The van der Waals surface area contributed by atoms with Crippen LogP contribution in [-0.4, -0.2) is 21.0 Å². The number of aryl methyl sites for hydroxylation is 1. The van der Waals surface area contributed by atoms with E-state index in [2.05, 4.69) is 15.3 Å². The molecule has 3 rings (SSSR count).